The molecule has 2 aliphatic heterocycles. The van der Waals surface area contributed by atoms with Gasteiger partial charge in [-0.15, -0.1) is 0 Å². The first-order valence-corrected chi connectivity index (χ1v) is 6.36. The minimum absolute atomic E-state index is 0.315. The third-order valence-corrected chi connectivity index (χ3v) is 4.09. The normalized spacial score (nSPS) is 30.5. The van der Waals surface area contributed by atoms with E-state index in [0.29, 0.717) is 24.4 Å². The fourth-order valence-electron chi connectivity index (χ4n) is 2.93. The molecule has 0 aliphatic carbocycles. The minimum atomic E-state index is 0.315. The Labute approximate surface area is 98.0 Å². The maximum atomic E-state index is 12.0. The van der Waals surface area contributed by atoms with Crippen LogP contribution in [0.2, 0.25) is 0 Å². The van der Waals surface area contributed by atoms with Crippen LogP contribution in [-0.2, 0) is 4.79 Å². The van der Waals surface area contributed by atoms with Gasteiger partial charge in [0, 0.05) is 38.1 Å². The van der Waals surface area contributed by atoms with E-state index in [0.717, 1.165) is 26.1 Å². The first-order chi connectivity index (χ1) is 7.72. The van der Waals surface area contributed by atoms with Gasteiger partial charge in [0.15, 0.2) is 0 Å². The molecule has 1 N–H and O–H groups in total. The van der Waals surface area contributed by atoms with Crippen molar-refractivity contribution in [3.63, 3.8) is 0 Å². The Bertz CT molecular complexity index is 257. The van der Waals surface area contributed by atoms with Gasteiger partial charge in [0.2, 0.25) is 5.91 Å². The van der Waals surface area contributed by atoms with Crippen LogP contribution in [0.5, 0.6) is 0 Å². The van der Waals surface area contributed by atoms with Crippen LogP contribution < -0.4 is 5.32 Å². The highest BCUT2D eigenvalue weighted by Crippen LogP contribution is 2.28. The van der Waals surface area contributed by atoms with E-state index in [1.54, 1.807) is 0 Å². The van der Waals surface area contributed by atoms with Crippen molar-refractivity contribution in [3.8, 4) is 0 Å². The molecule has 2 aliphatic rings. The van der Waals surface area contributed by atoms with E-state index >= 15 is 0 Å². The zero-order valence-electron chi connectivity index (χ0n) is 10.4. The zero-order valence-corrected chi connectivity index (χ0v) is 10.4. The summed E-state index contributed by atoms with van der Waals surface area (Å²) in [6.07, 6.45) is 4.37. The molecule has 1 amide bonds. The molecule has 2 saturated heterocycles. The summed E-state index contributed by atoms with van der Waals surface area (Å²) >= 11 is 0. The van der Waals surface area contributed by atoms with Crippen LogP contribution in [0.3, 0.4) is 0 Å². The van der Waals surface area contributed by atoms with Crippen molar-refractivity contribution in [2.75, 3.05) is 33.7 Å². The number of fused-ring (bicyclic) bond motifs is 2. The Balaban J connectivity index is 1.90. The number of likely N-dealkylation sites (N-methyl/N-ethyl adjacent to an activating group) is 1. The van der Waals surface area contributed by atoms with E-state index < -0.39 is 0 Å². The summed E-state index contributed by atoms with van der Waals surface area (Å²) in [7, 11) is 4.11. The predicted molar refractivity (Wildman–Crippen MR) is 64.3 cm³/mol. The summed E-state index contributed by atoms with van der Waals surface area (Å²) in [6.45, 7) is 2.68. The standard InChI is InChI=1S/C12H23N3O/c1-13-7-5-12(16)15-8-6-10-3-4-11(9-15)14(10)2/h10-11,13H,3-9H2,1-2H3. The number of rotatable bonds is 3. The van der Waals surface area contributed by atoms with Crippen LogP contribution >= 0.6 is 0 Å². The number of nitrogens with zero attached hydrogens (tertiary/aromatic N) is 2. The Morgan fingerprint density at radius 2 is 2.06 bits per heavy atom. The largest absolute Gasteiger partial charge is 0.341 e. The van der Waals surface area contributed by atoms with Gasteiger partial charge in [-0.3, -0.25) is 9.69 Å². The summed E-state index contributed by atoms with van der Waals surface area (Å²) in [5.41, 5.74) is 0. The third-order valence-electron chi connectivity index (χ3n) is 4.09. The van der Waals surface area contributed by atoms with E-state index in [-0.39, 0.29) is 0 Å². The van der Waals surface area contributed by atoms with Crippen LogP contribution in [0, 0.1) is 0 Å². The summed E-state index contributed by atoms with van der Waals surface area (Å²) < 4.78 is 0. The summed E-state index contributed by atoms with van der Waals surface area (Å²) in [6, 6.07) is 1.32. The second-order valence-corrected chi connectivity index (χ2v) is 5.03. The highest BCUT2D eigenvalue weighted by molar-refractivity contribution is 5.76. The van der Waals surface area contributed by atoms with Crippen LogP contribution in [0.25, 0.3) is 0 Å². The molecule has 2 unspecified atom stereocenters. The van der Waals surface area contributed by atoms with E-state index in [1.165, 1.54) is 12.8 Å². The van der Waals surface area contributed by atoms with Gasteiger partial charge in [-0.2, -0.15) is 0 Å². The lowest BCUT2D eigenvalue weighted by atomic mass is 10.1. The smallest absolute Gasteiger partial charge is 0.223 e. The van der Waals surface area contributed by atoms with Gasteiger partial charge in [-0.25, -0.2) is 0 Å². The first kappa shape index (κ1) is 11.9. The molecule has 16 heavy (non-hydrogen) atoms. The molecule has 2 bridgehead atoms. The van der Waals surface area contributed by atoms with E-state index in [4.69, 9.17) is 0 Å². The fourth-order valence-corrected chi connectivity index (χ4v) is 2.93. The van der Waals surface area contributed by atoms with Crippen molar-refractivity contribution in [2.45, 2.75) is 37.8 Å². The predicted octanol–water partition coefficient (Wildman–Crippen LogP) is 0.291. The molecule has 4 heteroatoms. The highest BCUT2D eigenvalue weighted by atomic mass is 16.2. The van der Waals surface area contributed by atoms with Crippen LogP contribution in [0.15, 0.2) is 0 Å². The number of carbonyl (C=O) groups is 1. The Morgan fingerprint density at radius 1 is 1.31 bits per heavy atom. The number of amides is 1. The molecule has 2 atom stereocenters. The quantitative estimate of drug-likeness (QED) is 0.750. The molecule has 0 saturated carbocycles. The topological polar surface area (TPSA) is 35.6 Å². The summed E-state index contributed by atoms with van der Waals surface area (Å²) in [5.74, 6) is 0.315. The molecule has 0 aromatic heterocycles. The minimum Gasteiger partial charge on any atom is -0.341 e. The number of hydrogen-bond acceptors (Lipinski definition) is 3. The van der Waals surface area contributed by atoms with E-state index in [2.05, 4.69) is 22.2 Å². The Kier molecular flexibility index (Phi) is 3.82. The lowest BCUT2D eigenvalue weighted by Crippen LogP contribution is -2.40. The molecule has 0 aromatic carbocycles. The molecule has 0 aromatic rings. The lowest BCUT2D eigenvalue weighted by Gasteiger charge is -2.25. The van der Waals surface area contributed by atoms with Crippen molar-refractivity contribution in [2.24, 2.45) is 0 Å². The molecule has 2 rings (SSSR count). The Hall–Kier alpha value is -0.610. The molecule has 0 radical (unpaired) electrons. The molecule has 2 fully saturated rings. The average molecular weight is 225 g/mol. The molecule has 92 valence electrons. The molecular formula is C12H23N3O. The number of hydrogen-bond donors (Lipinski definition) is 1. The maximum absolute atomic E-state index is 12.0. The van der Waals surface area contributed by atoms with Gasteiger partial charge >= 0.3 is 0 Å². The van der Waals surface area contributed by atoms with E-state index in [9.17, 15) is 4.79 Å². The van der Waals surface area contributed by atoms with Gasteiger partial charge < -0.3 is 10.2 Å². The van der Waals surface area contributed by atoms with Crippen LogP contribution in [-0.4, -0.2) is 61.5 Å². The maximum Gasteiger partial charge on any atom is 0.223 e. The molecular weight excluding hydrogens is 202 g/mol. The van der Waals surface area contributed by atoms with Gasteiger partial charge in [0.05, 0.1) is 0 Å². The number of likely N-dealkylation sites (tertiary alicyclic amines) is 1. The molecule has 0 spiro atoms. The van der Waals surface area contributed by atoms with Gasteiger partial charge in [-0.05, 0) is 33.4 Å². The van der Waals surface area contributed by atoms with Crippen molar-refractivity contribution in [1.29, 1.82) is 0 Å². The SMILES string of the molecule is CNCCC(=O)N1CCC2CCC(C1)N2C. The van der Waals surface area contributed by atoms with Crippen molar-refractivity contribution >= 4 is 5.91 Å². The summed E-state index contributed by atoms with van der Waals surface area (Å²) in [5, 5.41) is 3.04. The molecule has 4 nitrogen and oxygen atoms in total. The number of nitrogens with one attached hydrogen (secondary N) is 1. The van der Waals surface area contributed by atoms with Crippen molar-refractivity contribution < 1.29 is 4.79 Å². The third kappa shape index (κ3) is 2.38. The Morgan fingerprint density at radius 3 is 2.81 bits per heavy atom. The van der Waals surface area contributed by atoms with Crippen molar-refractivity contribution in [1.82, 2.24) is 15.1 Å². The second kappa shape index (κ2) is 5.15. The fraction of sp³-hybridized carbons (Fsp3) is 0.917. The highest BCUT2D eigenvalue weighted by Gasteiger charge is 2.35. The van der Waals surface area contributed by atoms with Gasteiger partial charge in [-0.1, -0.05) is 0 Å². The monoisotopic (exact) mass is 225 g/mol. The van der Waals surface area contributed by atoms with Crippen LogP contribution in [0.1, 0.15) is 25.7 Å². The lowest BCUT2D eigenvalue weighted by molar-refractivity contribution is -0.131. The van der Waals surface area contributed by atoms with E-state index in [1.807, 2.05) is 7.05 Å². The second-order valence-electron chi connectivity index (χ2n) is 5.03. The van der Waals surface area contributed by atoms with Gasteiger partial charge in [0.1, 0.15) is 0 Å². The average Bonchev–Trinajstić information content (AvgIpc) is 2.50. The van der Waals surface area contributed by atoms with Crippen molar-refractivity contribution in [3.05, 3.63) is 0 Å². The molecule has 2 heterocycles. The number of carbonyl (C=O) groups excluding carboxylic acids is 1. The zero-order chi connectivity index (χ0) is 11.5. The first-order valence-electron chi connectivity index (χ1n) is 6.36. The summed E-state index contributed by atoms with van der Waals surface area (Å²) in [4.78, 5) is 16.5. The van der Waals surface area contributed by atoms with Gasteiger partial charge in [0.25, 0.3) is 0 Å². The van der Waals surface area contributed by atoms with Crippen LogP contribution in [0.4, 0.5) is 0 Å².